The third-order valence-corrected chi connectivity index (χ3v) is 3.48. The lowest BCUT2D eigenvalue weighted by atomic mass is 9.89. The molecule has 2 rings (SSSR count). The second-order valence-electron chi connectivity index (χ2n) is 3.76. The normalized spacial score (nSPS) is 25.4. The zero-order chi connectivity index (χ0) is 10.8. The highest BCUT2D eigenvalue weighted by molar-refractivity contribution is 14.1. The molecule has 0 spiro atoms. The molecule has 1 heterocycles. The highest BCUT2D eigenvalue weighted by atomic mass is 127. The second-order valence-corrected chi connectivity index (χ2v) is 5.01. The van der Waals surface area contributed by atoms with E-state index in [2.05, 4.69) is 34.0 Å². The van der Waals surface area contributed by atoms with Gasteiger partial charge < -0.3 is 10.4 Å². The molecule has 1 aliphatic heterocycles. The van der Waals surface area contributed by atoms with Crippen LogP contribution >= 0.6 is 22.6 Å². The van der Waals surface area contributed by atoms with Gasteiger partial charge in [-0.25, -0.2) is 0 Å². The van der Waals surface area contributed by atoms with Crippen molar-refractivity contribution >= 4 is 28.6 Å². The van der Waals surface area contributed by atoms with Gasteiger partial charge in [0.1, 0.15) is 0 Å². The van der Waals surface area contributed by atoms with Crippen molar-refractivity contribution in [3.05, 3.63) is 33.4 Å². The Balaban J connectivity index is 2.26. The SMILES string of the molecule is O=C(O)[C@@H]1CNC[C@H]1c1cccc(I)c1. The van der Waals surface area contributed by atoms with Crippen molar-refractivity contribution in [3.8, 4) is 0 Å². The highest BCUT2D eigenvalue weighted by Gasteiger charge is 2.33. The lowest BCUT2D eigenvalue weighted by Crippen LogP contribution is -2.21. The van der Waals surface area contributed by atoms with Crippen LogP contribution in [0.4, 0.5) is 0 Å². The van der Waals surface area contributed by atoms with Crippen molar-refractivity contribution in [1.82, 2.24) is 5.32 Å². The average molecular weight is 317 g/mol. The number of carboxylic acids is 1. The average Bonchev–Trinajstić information content (AvgIpc) is 2.65. The summed E-state index contributed by atoms with van der Waals surface area (Å²) < 4.78 is 1.15. The zero-order valence-electron chi connectivity index (χ0n) is 8.11. The molecular weight excluding hydrogens is 305 g/mol. The van der Waals surface area contributed by atoms with Crippen LogP contribution in [0.1, 0.15) is 11.5 Å². The Morgan fingerprint density at radius 2 is 2.27 bits per heavy atom. The maximum atomic E-state index is 11.0. The molecule has 3 nitrogen and oxygen atoms in total. The summed E-state index contributed by atoms with van der Waals surface area (Å²) in [6.07, 6.45) is 0. The smallest absolute Gasteiger partial charge is 0.308 e. The summed E-state index contributed by atoms with van der Waals surface area (Å²) in [5.74, 6) is -0.885. The minimum Gasteiger partial charge on any atom is -0.481 e. The monoisotopic (exact) mass is 317 g/mol. The first-order chi connectivity index (χ1) is 7.18. The molecule has 2 atom stereocenters. The largest absolute Gasteiger partial charge is 0.481 e. The number of carbonyl (C=O) groups is 1. The first kappa shape index (κ1) is 10.9. The van der Waals surface area contributed by atoms with E-state index in [-0.39, 0.29) is 11.8 Å². The fourth-order valence-corrected chi connectivity index (χ4v) is 2.59. The van der Waals surface area contributed by atoms with Crippen LogP contribution in [0.15, 0.2) is 24.3 Å². The van der Waals surface area contributed by atoms with E-state index in [0.29, 0.717) is 6.54 Å². The van der Waals surface area contributed by atoms with Gasteiger partial charge in [0.15, 0.2) is 0 Å². The Hall–Kier alpha value is -0.620. The molecule has 0 unspecified atom stereocenters. The Bertz CT molecular complexity index is 381. The van der Waals surface area contributed by atoms with Gasteiger partial charge in [-0.3, -0.25) is 4.79 Å². The topological polar surface area (TPSA) is 49.3 Å². The second kappa shape index (κ2) is 4.49. The molecule has 0 saturated carbocycles. The summed E-state index contributed by atoms with van der Waals surface area (Å²) in [6, 6.07) is 8.07. The number of benzene rings is 1. The van der Waals surface area contributed by atoms with Crippen molar-refractivity contribution in [1.29, 1.82) is 0 Å². The molecule has 15 heavy (non-hydrogen) atoms. The van der Waals surface area contributed by atoms with Gasteiger partial charge in [0.05, 0.1) is 5.92 Å². The minimum atomic E-state index is -0.705. The van der Waals surface area contributed by atoms with Gasteiger partial charge in [0, 0.05) is 22.6 Å². The van der Waals surface area contributed by atoms with E-state index in [4.69, 9.17) is 5.11 Å². The van der Waals surface area contributed by atoms with Gasteiger partial charge in [-0.2, -0.15) is 0 Å². The third kappa shape index (κ3) is 2.31. The van der Waals surface area contributed by atoms with Crippen molar-refractivity contribution in [2.45, 2.75) is 5.92 Å². The van der Waals surface area contributed by atoms with E-state index in [1.807, 2.05) is 18.2 Å². The van der Waals surface area contributed by atoms with Crippen LogP contribution in [0.2, 0.25) is 0 Å². The van der Waals surface area contributed by atoms with E-state index in [1.54, 1.807) is 0 Å². The van der Waals surface area contributed by atoms with Gasteiger partial charge in [0.25, 0.3) is 0 Å². The molecule has 1 aliphatic rings. The summed E-state index contributed by atoms with van der Waals surface area (Å²) in [7, 11) is 0. The number of halogens is 1. The number of rotatable bonds is 2. The molecule has 1 saturated heterocycles. The van der Waals surface area contributed by atoms with Crippen LogP contribution in [-0.4, -0.2) is 24.2 Å². The van der Waals surface area contributed by atoms with Gasteiger partial charge in [0.2, 0.25) is 0 Å². The van der Waals surface area contributed by atoms with Crippen LogP contribution < -0.4 is 5.32 Å². The summed E-state index contributed by atoms with van der Waals surface area (Å²) in [6.45, 7) is 1.34. The van der Waals surface area contributed by atoms with E-state index >= 15 is 0 Å². The standard InChI is InChI=1S/C11H12INO2/c12-8-3-1-2-7(4-8)9-5-13-6-10(9)11(14)15/h1-4,9-10,13H,5-6H2,(H,14,15)/t9-,10+/m0/s1. The molecule has 2 N–H and O–H groups in total. The van der Waals surface area contributed by atoms with Crippen molar-refractivity contribution in [2.75, 3.05) is 13.1 Å². The summed E-state index contributed by atoms with van der Waals surface area (Å²) in [4.78, 5) is 11.0. The molecule has 4 heteroatoms. The van der Waals surface area contributed by atoms with Crippen LogP contribution in [0.5, 0.6) is 0 Å². The van der Waals surface area contributed by atoms with Gasteiger partial charge in [-0.1, -0.05) is 12.1 Å². The maximum absolute atomic E-state index is 11.0. The zero-order valence-corrected chi connectivity index (χ0v) is 10.3. The van der Waals surface area contributed by atoms with E-state index < -0.39 is 5.97 Å². The van der Waals surface area contributed by atoms with Gasteiger partial charge >= 0.3 is 5.97 Å². The minimum absolute atomic E-state index is 0.109. The Morgan fingerprint density at radius 1 is 1.47 bits per heavy atom. The molecule has 0 radical (unpaired) electrons. The Labute approximate surface area is 102 Å². The molecule has 80 valence electrons. The van der Waals surface area contributed by atoms with E-state index in [0.717, 1.165) is 15.7 Å². The molecule has 0 bridgehead atoms. The predicted octanol–water partition coefficient (Wildman–Crippen LogP) is 1.68. The van der Waals surface area contributed by atoms with Crippen LogP contribution in [-0.2, 0) is 4.79 Å². The Morgan fingerprint density at radius 3 is 2.93 bits per heavy atom. The molecule has 0 aliphatic carbocycles. The van der Waals surface area contributed by atoms with Crippen LogP contribution in [0.3, 0.4) is 0 Å². The lowest BCUT2D eigenvalue weighted by molar-refractivity contribution is -0.141. The highest BCUT2D eigenvalue weighted by Crippen LogP contribution is 2.28. The fraction of sp³-hybridized carbons (Fsp3) is 0.364. The predicted molar refractivity (Wildman–Crippen MR) is 65.9 cm³/mol. The summed E-state index contributed by atoms with van der Waals surface area (Å²) >= 11 is 2.25. The van der Waals surface area contributed by atoms with Crippen molar-refractivity contribution in [3.63, 3.8) is 0 Å². The van der Waals surface area contributed by atoms with E-state index in [1.165, 1.54) is 0 Å². The molecule has 0 amide bonds. The first-order valence-electron chi connectivity index (χ1n) is 4.87. The summed E-state index contributed by atoms with van der Waals surface area (Å²) in [5.41, 5.74) is 1.12. The van der Waals surface area contributed by atoms with E-state index in [9.17, 15) is 4.79 Å². The van der Waals surface area contributed by atoms with Crippen LogP contribution in [0.25, 0.3) is 0 Å². The first-order valence-corrected chi connectivity index (χ1v) is 5.95. The number of aliphatic carboxylic acids is 1. The summed E-state index contributed by atoms with van der Waals surface area (Å²) in [5, 5.41) is 12.2. The number of carboxylic acid groups (broad SMARTS) is 1. The fourth-order valence-electron chi connectivity index (χ4n) is 2.03. The quantitative estimate of drug-likeness (QED) is 0.816. The maximum Gasteiger partial charge on any atom is 0.308 e. The number of hydrogen-bond donors (Lipinski definition) is 2. The van der Waals surface area contributed by atoms with Gasteiger partial charge in [-0.15, -0.1) is 0 Å². The molecule has 1 fully saturated rings. The number of nitrogens with one attached hydrogen (secondary N) is 1. The lowest BCUT2D eigenvalue weighted by Gasteiger charge is -2.15. The third-order valence-electron chi connectivity index (χ3n) is 2.81. The molecule has 1 aromatic carbocycles. The van der Waals surface area contributed by atoms with Crippen molar-refractivity contribution in [2.24, 2.45) is 5.92 Å². The molecular formula is C11H12INO2. The molecule has 0 aromatic heterocycles. The van der Waals surface area contributed by atoms with Gasteiger partial charge in [-0.05, 0) is 40.3 Å². The number of hydrogen-bond acceptors (Lipinski definition) is 2. The molecule has 1 aromatic rings. The van der Waals surface area contributed by atoms with Crippen molar-refractivity contribution < 1.29 is 9.90 Å². The van der Waals surface area contributed by atoms with Crippen LogP contribution in [0, 0.1) is 9.49 Å². The Kier molecular flexibility index (Phi) is 3.25.